The Morgan fingerprint density at radius 1 is 1.28 bits per heavy atom. The molecule has 1 rings (SSSR count). The number of aliphatic hydroxyl groups is 1. The molecule has 0 aromatic rings. The Balaban J connectivity index is 2.40. The second kappa shape index (κ2) is 6.88. The summed E-state index contributed by atoms with van der Waals surface area (Å²) in [4.78, 5) is 2.48. The van der Waals surface area contributed by atoms with Crippen molar-refractivity contribution in [2.24, 2.45) is 11.3 Å². The zero-order chi connectivity index (χ0) is 13.8. The van der Waals surface area contributed by atoms with Crippen LogP contribution in [0.4, 0.5) is 0 Å². The van der Waals surface area contributed by atoms with Crippen molar-refractivity contribution < 1.29 is 9.84 Å². The third kappa shape index (κ3) is 5.25. The lowest BCUT2D eigenvalue weighted by Crippen LogP contribution is -2.40. The lowest BCUT2D eigenvalue weighted by molar-refractivity contribution is 0.0350. The fourth-order valence-electron chi connectivity index (χ4n) is 2.33. The normalized spacial score (nSPS) is 20.2. The SMILES string of the molecule is COCCN(CCC(O)C(C)(C)C)C(C)C1CC1. The van der Waals surface area contributed by atoms with Crippen LogP contribution in [0.5, 0.6) is 0 Å². The van der Waals surface area contributed by atoms with Crippen molar-refractivity contribution in [3.8, 4) is 0 Å². The molecule has 1 aliphatic rings. The van der Waals surface area contributed by atoms with E-state index in [1.165, 1.54) is 12.8 Å². The molecule has 1 fully saturated rings. The van der Waals surface area contributed by atoms with Gasteiger partial charge in [-0.05, 0) is 37.5 Å². The van der Waals surface area contributed by atoms with E-state index in [0.29, 0.717) is 6.04 Å². The van der Waals surface area contributed by atoms with Gasteiger partial charge in [-0.15, -0.1) is 0 Å². The molecule has 0 spiro atoms. The summed E-state index contributed by atoms with van der Waals surface area (Å²) in [6, 6.07) is 0.632. The van der Waals surface area contributed by atoms with E-state index in [2.05, 4.69) is 32.6 Å². The van der Waals surface area contributed by atoms with Crippen LogP contribution in [-0.2, 0) is 4.74 Å². The second-order valence-corrected chi connectivity index (χ2v) is 6.78. The monoisotopic (exact) mass is 257 g/mol. The zero-order valence-electron chi connectivity index (χ0n) is 12.8. The van der Waals surface area contributed by atoms with Crippen molar-refractivity contribution in [3.63, 3.8) is 0 Å². The molecule has 2 atom stereocenters. The molecule has 108 valence electrons. The van der Waals surface area contributed by atoms with Crippen molar-refractivity contribution in [1.29, 1.82) is 0 Å². The predicted octanol–water partition coefficient (Wildman–Crippen LogP) is 2.53. The van der Waals surface area contributed by atoms with Crippen molar-refractivity contribution in [1.82, 2.24) is 4.90 Å². The molecule has 0 radical (unpaired) electrons. The maximum Gasteiger partial charge on any atom is 0.0600 e. The highest BCUT2D eigenvalue weighted by Crippen LogP contribution is 2.35. The van der Waals surface area contributed by atoms with Crippen LogP contribution >= 0.6 is 0 Å². The number of ether oxygens (including phenoxy) is 1. The van der Waals surface area contributed by atoms with E-state index in [1.54, 1.807) is 7.11 Å². The number of hydrogen-bond acceptors (Lipinski definition) is 3. The quantitative estimate of drug-likeness (QED) is 0.725. The molecule has 0 amide bonds. The Kier molecular flexibility index (Phi) is 6.09. The topological polar surface area (TPSA) is 32.7 Å². The molecule has 1 aliphatic carbocycles. The summed E-state index contributed by atoms with van der Waals surface area (Å²) in [6.07, 6.45) is 3.36. The molecule has 2 unspecified atom stereocenters. The molecular weight excluding hydrogens is 226 g/mol. The Hall–Kier alpha value is -0.120. The Morgan fingerprint density at radius 2 is 1.89 bits per heavy atom. The number of rotatable bonds is 8. The van der Waals surface area contributed by atoms with Gasteiger partial charge in [0.05, 0.1) is 12.7 Å². The standard InChI is InChI=1S/C15H31NO2/c1-12(13-6-7-13)16(10-11-18-5)9-8-14(17)15(2,3)4/h12-14,17H,6-11H2,1-5H3. The van der Waals surface area contributed by atoms with Crippen molar-refractivity contribution >= 4 is 0 Å². The molecule has 1 saturated carbocycles. The smallest absolute Gasteiger partial charge is 0.0600 e. The van der Waals surface area contributed by atoms with E-state index in [1.807, 2.05) is 0 Å². The number of hydrogen-bond donors (Lipinski definition) is 1. The lowest BCUT2D eigenvalue weighted by Gasteiger charge is -2.32. The maximum absolute atomic E-state index is 10.1. The van der Waals surface area contributed by atoms with E-state index < -0.39 is 0 Å². The first-order valence-electron chi connectivity index (χ1n) is 7.27. The van der Waals surface area contributed by atoms with Gasteiger partial charge in [0.25, 0.3) is 0 Å². The summed E-state index contributed by atoms with van der Waals surface area (Å²) in [6.45, 7) is 11.3. The van der Waals surface area contributed by atoms with E-state index in [-0.39, 0.29) is 11.5 Å². The van der Waals surface area contributed by atoms with Crippen molar-refractivity contribution in [2.75, 3.05) is 26.8 Å². The molecule has 0 heterocycles. The highest BCUT2D eigenvalue weighted by atomic mass is 16.5. The molecule has 0 aromatic heterocycles. The fourth-order valence-corrected chi connectivity index (χ4v) is 2.33. The largest absolute Gasteiger partial charge is 0.393 e. The maximum atomic E-state index is 10.1. The van der Waals surface area contributed by atoms with Gasteiger partial charge in [-0.3, -0.25) is 4.90 Å². The van der Waals surface area contributed by atoms with Crippen LogP contribution < -0.4 is 0 Å². The highest BCUT2D eigenvalue weighted by molar-refractivity contribution is 4.86. The third-order valence-electron chi connectivity index (χ3n) is 4.15. The first kappa shape index (κ1) is 15.9. The molecule has 0 aromatic carbocycles. The number of nitrogens with zero attached hydrogens (tertiary/aromatic N) is 1. The Bertz CT molecular complexity index is 233. The average Bonchev–Trinajstić information content (AvgIpc) is 3.10. The predicted molar refractivity (Wildman–Crippen MR) is 75.7 cm³/mol. The molecule has 1 N–H and O–H groups in total. The van der Waals surface area contributed by atoms with Gasteiger partial charge in [0.15, 0.2) is 0 Å². The van der Waals surface area contributed by atoms with Crippen LogP contribution in [0.3, 0.4) is 0 Å². The summed E-state index contributed by atoms with van der Waals surface area (Å²) in [5, 5.41) is 10.1. The second-order valence-electron chi connectivity index (χ2n) is 6.78. The van der Waals surface area contributed by atoms with E-state index in [4.69, 9.17) is 4.74 Å². The van der Waals surface area contributed by atoms with Crippen molar-refractivity contribution in [2.45, 2.75) is 59.1 Å². The van der Waals surface area contributed by atoms with Crippen LogP contribution in [0, 0.1) is 11.3 Å². The molecule has 0 saturated heterocycles. The molecule has 3 nitrogen and oxygen atoms in total. The van der Waals surface area contributed by atoms with Crippen LogP contribution in [-0.4, -0.2) is 49.0 Å². The minimum Gasteiger partial charge on any atom is -0.393 e. The first-order chi connectivity index (χ1) is 8.36. The van der Waals surface area contributed by atoms with Gasteiger partial charge in [0.2, 0.25) is 0 Å². The minimum absolute atomic E-state index is 0.0181. The zero-order valence-corrected chi connectivity index (χ0v) is 12.8. The molecule has 0 aliphatic heterocycles. The average molecular weight is 257 g/mol. The van der Waals surface area contributed by atoms with E-state index in [9.17, 15) is 5.11 Å². The third-order valence-corrected chi connectivity index (χ3v) is 4.15. The Morgan fingerprint density at radius 3 is 2.33 bits per heavy atom. The summed E-state index contributed by atoms with van der Waals surface area (Å²) in [5.41, 5.74) is -0.0181. The molecule has 3 heteroatoms. The van der Waals surface area contributed by atoms with Gasteiger partial charge in [-0.1, -0.05) is 20.8 Å². The molecular formula is C15H31NO2. The molecule has 0 bridgehead atoms. The number of aliphatic hydroxyl groups excluding tert-OH is 1. The van der Waals surface area contributed by atoms with Crippen LogP contribution in [0.25, 0.3) is 0 Å². The van der Waals surface area contributed by atoms with Gasteiger partial charge in [0, 0.05) is 26.2 Å². The summed E-state index contributed by atoms with van der Waals surface area (Å²) >= 11 is 0. The van der Waals surface area contributed by atoms with Gasteiger partial charge >= 0.3 is 0 Å². The summed E-state index contributed by atoms with van der Waals surface area (Å²) in [5.74, 6) is 0.869. The minimum atomic E-state index is -0.228. The first-order valence-corrected chi connectivity index (χ1v) is 7.27. The van der Waals surface area contributed by atoms with E-state index >= 15 is 0 Å². The molecule has 18 heavy (non-hydrogen) atoms. The van der Waals surface area contributed by atoms with Crippen LogP contribution in [0.15, 0.2) is 0 Å². The van der Waals surface area contributed by atoms with Crippen molar-refractivity contribution in [3.05, 3.63) is 0 Å². The lowest BCUT2D eigenvalue weighted by atomic mass is 9.87. The Labute approximate surface area is 113 Å². The summed E-state index contributed by atoms with van der Waals surface area (Å²) in [7, 11) is 1.75. The summed E-state index contributed by atoms with van der Waals surface area (Å²) < 4.78 is 5.19. The highest BCUT2D eigenvalue weighted by Gasteiger charge is 2.32. The van der Waals surface area contributed by atoms with Gasteiger partial charge in [-0.2, -0.15) is 0 Å². The van der Waals surface area contributed by atoms with Gasteiger partial charge in [-0.25, -0.2) is 0 Å². The van der Waals surface area contributed by atoms with Crippen LogP contribution in [0.2, 0.25) is 0 Å². The fraction of sp³-hybridized carbons (Fsp3) is 1.00. The van der Waals surface area contributed by atoms with Gasteiger partial charge < -0.3 is 9.84 Å². The van der Waals surface area contributed by atoms with Crippen LogP contribution in [0.1, 0.15) is 47.0 Å². The van der Waals surface area contributed by atoms with Gasteiger partial charge in [0.1, 0.15) is 0 Å². The van der Waals surface area contributed by atoms with E-state index in [0.717, 1.165) is 32.0 Å². The number of methoxy groups -OCH3 is 1.